The molecule has 1 aromatic carbocycles. The van der Waals surface area contributed by atoms with Crippen molar-refractivity contribution in [2.24, 2.45) is 10.9 Å². The third kappa shape index (κ3) is 3.82. The second kappa shape index (κ2) is 7.65. The molecule has 25 heavy (non-hydrogen) atoms. The minimum absolute atomic E-state index is 0.225. The Morgan fingerprint density at radius 1 is 1.40 bits per heavy atom. The minimum atomic E-state index is -0.980. The minimum Gasteiger partial charge on any atom is -0.465 e. The number of hydrogen-bond acceptors (Lipinski definition) is 6. The van der Waals surface area contributed by atoms with Crippen LogP contribution in [0.25, 0.3) is 0 Å². The molecule has 0 spiro atoms. The Balaban J connectivity index is 1.97. The summed E-state index contributed by atoms with van der Waals surface area (Å²) < 4.78 is 10.5. The molecule has 7 heteroatoms. The zero-order chi connectivity index (χ0) is 17.8. The number of guanidine groups is 1. The first-order valence-corrected chi connectivity index (χ1v) is 8.54. The molecule has 2 aliphatic heterocycles. The molecule has 0 aliphatic carbocycles. The summed E-state index contributed by atoms with van der Waals surface area (Å²) in [6, 6.07) is 7.13. The smallest absolute Gasteiger partial charge is 0.321 e. The number of rotatable bonds is 3. The number of morpholine rings is 1. The van der Waals surface area contributed by atoms with Crippen LogP contribution in [0.5, 0.6) is 0 Å². The van der Waals surface area contributed by atoms with Gasteiger partial charge in [0.2, 0.25) is 11.9 Å². The molecule has 7 nitrogen and oxygen atoms in total. The number of aryl methyl sites for hydroxylation is 1. The maximum absolute atomic E-state index is 12.7. The molecule has 0 unspecified atom stereocenters. The molecule has 134 valence electrons. The van der Waals surface area contributed by atoms with Crippen LogP contribution in [-0.2, 0) is 19.1 Å². The zero-order valence-electron chi connectivity index (χ0n) is 14.5. The lowest BCUT2D eigenvalue weighted by Gasteiger charge is -2.35. The monoisotopic (exact) mass is 345 g/mol. The second-order valence-electron chi connectivity index (χ2n) is 6.13. The highest BCUT2D eigenvalue weighted by Gasteiger charge is 2.42. The summed E-state index contributed by atoms with van der Waals surface area (Å²) in [5, 5.41) is 2.77. The number of hydrogen-bond donors (Lipinski definition) is 1. The Labute approximate surface area is 147 Å². The summed E-state index contributed by atoms with van der Waals surface area (Å²) in [5.74, 6) is -1.40. The van der Waals surface area contributed by atoms with Crippen LogP contribution in [0, 0.1) is 12.8 Å². The lowest BCUT2D eigenvalue weighted by molar-refractivity contribution is -0.153. The van der Waals surface area contributed by atoms with E-state index in [-0.39, 0.29) is 12.5 Å². The van der Waals surface area contributed by atoms with Crippen molar-refractivity contribution in [1.29, 1.82) is 0 Å². The predicted molar refractivity (Wildman–Crippen MR) is 92.0 cm³/mol. The van der Waals surface area contributed by atoms with Crippen LogP contribution >= 0.6 is 0 Å². The molecule has 1 fully saturated rings. The summed E-state index contributed by atoms with van der Waals surface area (Å²) in [4.78, 5) is 31.7. The van der Waals surface area contributed by atoms with Gasteiger partial charge in [0.1, 0.15) is 6.04 Å². The molecular weight excluding hydrogens is 322 g/mol. The number of carbonyl (C=O) groups is 2. The molecule has 0 bridgehead atoms. The highest BCUT2D eigenvalue weighted by molar-refractivity contribution is 6.08. The number of nitrogens with one attached hydrogen (secondary N) is 1. The van der Waals surface area contributed by atoms with Crippen molar-refractivity contribution in [2.75, 3.05) is 32.9 Å². The number of esters is 1. The molecule has 0 aromatic heterocycles. The van der Waals surface area contributed by atoms with Crippen molar-refractivity contribution in [3.63, 3.8) is 0 Å². The predicted octanol–water partition coefficient (Wildman–Crippen LogP) is 1.03. The van der Waals surface area contributed by atoms with Gasteiger partial charge in [-0.25, -0.2) is 4.99 Å². The highest BCUT2D eigenvalue weighted by Crippen LogP contribution is 2.31. The summed E-state index contributed by atoms with van der Waals surface area (Å²) >= 11 is 0. The summed E-state index contributed by atoms with van der Waals surface area (Å²) in [6.07, 6.45) is 0. The number of benzene rings is 1. The summed E-state index contributed by atoms with van der Waals surface area (Å²) in [5.41, 5.74) is 1.88. The van der Waals surface area contributed by atoms with E-state index in [2.05, 4.69) is 5.32 Å². The van der Waals surface area contributed by atoms with Crippen LogP contribution in [0.4, 0.5) is 0 Å². The normalized spacial score (nSPS) is 23.7. The van der Waals surface area contributed by atoms with Crippen LogP contribution in [0.2, 0.25) is 0 Å². The fraction of sp³-hybridized carbons (Fsp3) is 0.500. The molecular formula is C18H23N3O4. The van der Waals surface area contributed by atoms with Crippen molar-refractivity contribution in [2.45, 2.75) is 19.9 Å². The van der Waals surface area contributed by atoms with E-state index in [9.17, 15) is 9.59 Å². The third-order valence-electron chi connectivity index (χ3n) is 4.33. The molecule has 0 radical (unpaired) electrons. The van der Waals surface area contributed by atoms with E-state index >= 15 is 0 Å². The molecule has 3 rings (SSSR count). The van der Waals surface area contributed by atoms with E-state index in [1.54, 1.807) is 6.92 Å². The largest absolute Gasteiger partial charge is 0.465 e. The average molecular weight is 345 g/mol. The van der Waals surface area contributed by atoms with E-state index < -0.39 is 17.9 Å². The Bertz CT molecular complexity index is 683. The van der Waals surface area contributed by atoms with Crippen LogP contribution < -0.4 is 5.32 Å². The lowest BCUT2D eigenvalue weighted by Crippen LogP contribution is -2.55. The Hall–Kier alpha value is -2.41. The SMILES string of the molecule is CCOC(=O)[C@H]1C(=O)NC(N2CCOCC2)=N[C@H]1c1cccc(C)c1. The fourth-order valence-corrected chi connectivity index (χ4v) is 3.09. The highest BCUT2D eigenvalue weighted by atomic mass is 16.5. The Kier molecular flexibility index (Phi) is 5.33. The van der Waals surface area contributed by atoms with Crippen LogP contribution in [0.15, 0.2) is 29.3 Å². The molecule has 1 N–H and O–H groups in total. The average Bonchev–Trinajstić information content (AvgIpc) is 2.62. The topological polar surface area (TPSA) is 80.2 Å². The van der Waals surface area contributed by atoms with E-state index in [0.29, 0.717) is 32.3 Å². The third-order valence-corrected chi connectivity index (χ3v) is 4.33. The quantitative estimate of drug-likeness (QED) is 0.654. The van der Waals surface area contributed by atoms with Crippen LogP contribution in [0.1, 0.15) is 24.1 Å². The number of ether oxygens (including phenoxy) is 2. The van der Waals surface area contributed by atoms with Gasteiger partial charge in [0.15, 0.2) is 5.92 Å². The molecule has 1 saturated heterocycles. The number of amides is 1. The Morgan fingerprint density at radius 3 is 2.84 bits per heavy atom. The van der Waals surface area contributed by atoms with Gasteiger partial charge in [-0.2, -0.15) is 0 Å². The summed E-state index contributed by atoms with van der Waals surface area (Å²) in [7, 11) is 0. The van der Waals surface area contributed by atoms with Gasteiger partial charge in [-0.15, -0.1) is 0 Å². The first-order chi connectivity index (χ1) is 12.1. The number of nitrogens with zero attached hydrogens (tertiary/aromatic N) is 2. The van der Waals surface area contributed by atoms with Gasteiger partial charge in [-0.05, 0) is 19.4 Å². The van der Waals surface area contributed by atoms with Crippen molar-refractivity contribution < 1.29 is 19.1 Å². The van der Waals surface area contributed by atoms with Gasteiger partial charge in [-0.3, -0.25) is 14.9 Å². The molecule has 1 aromatic rings. The fourth-order valence-electron chi connectivity index (χ4n) is 3.09. The summed E-state index contributed by atoms with van der Waals surface area (Å²) in [6.45, 7) is 6.41. The standard InChI is InChI=1S/C18H23N3O4/c1-3-25-17(23)14-15(13-6-4-5-12(2)11-13)19-18(20-16(14)22)21-7-9-24-10-8-21/h4-6,11,14-15H,3,7-10H2,1-2H3,(H,19,20,22)/t14-,15+/m1/s1. The lowest BCUT2D eigenvalue weighted by atomic mass is 9.90. The molecule has 2 heterocycles. The Morgan fingerprint density at radius 2 is 2.16 bits per heavy atom. The number of aliphatic imine (C=N–C) groups is 1. The first kappa shape index (κ1) is 17.4. The first-order valence-electron chi connectivity index (χ1n) is 8.54. The van der Waals surface area contributed by atoms with Crippen LogP contribution in [-0.4, -0.2) is 55.6 Å². The maximum atomic E-state index is 12.7. The molecule has 0 saturated carbocycles. The molecule has 1 amide bonds. The van der Waals surface area contributed by atoms with Gasteiger partial charge in [0, 0.05) is 13.1 Å². The maximum Gasteiger partial charge on any atom is 0.321 e. The number of carbonyl (C=O) groups excluding carboxylic acids is 2. The van der Waals surface area contributed by atoms with Gasteiger partial charge in [-0.1, -0.05) is 29.8 Å². The zero-order valence-corrected chi connectivity index (χ0v) is 14.5. The molecule has 2 atom stereocenters. The van der Waals surface area contributed by atoms with E-state index in [4.69, 9.17) is 14.5 Å². The van der Waals surface area contributed by atoms with Crippen LogP contribution in [0.3, 0.4) is 0 Å². The van der Waals surface area contributed by atoms with Crippen molar-refractivity contribution >= 4 is 17.8 Å². The van der Waals surface area contributed by atoms with Crippen molar-refractivity contribution in [1.82, 2.24) is 10.2 Å². The van der Waals surface area contributed by atoms with E-state index in [1.165, 1.54) is 0 Å². The van der Waals surface area contributed by atoms with Gasteiger partial charge < -0.3 is 14.4 Å². The van der Waals surface area contributed by atoms with E-state index in [0.717, 1.165) is 11.1 Å². The van der Waals surface area contributed by atoms with Gasteiger partial charge in [0.05, 0.1) is 19.8 Å². The second-order valence-corrected chi connectivity index (χ2v) is 6.13. The van der Waals surface area contributed by atoms with Gasteiger partial charge >= 0.3 is 5.97 Å². The van der Waals surface area contributed by atoms with E-state index in [1.807, 2.05) is 36.1 Å². The van der Waals surface area contributed by atoms with Crippen molar-refractivity contribution in [3.8, 4) is 0 Å². The molecule has 2 aliphatic rings. The van der Waals surface area contributed by atoms with Gasteiger partial charge in [0.25, 0.3) is 0 Å². The van der Waals surface area contributed by atoms with Crippen molar-refractivity contribution in [3.05, 3.63) is 35.4 Å².